The number of carbonyl (C=O) groups is 1. The van der Waals surface area contributed by atoms with Gasteiger partial charge in [-0.15, -0.1) is 10.2 Å². The van der Waals surface area contributed by atoms with Crippen LogP contribution in [0.2, 0.25) is 0 Å². The molecule has 0 unspecified atom stereocenters. The molecule has 0 fully saturated rings. The van der Waals surface area contributed by atoms with Crippen molar-refractivity contribution in [3.05, 3.63) is 66.0 Å². The van der Waals surface area contributed by atoms with Crippen LogP contribution in [0.5, 0.6) is 0 Å². The highest BCUT2D eigenvalue weighted by Gasteiger charge is 2.33. The number of rotatable bonds is 7. The first-order valence-corrected chi connectivity index (χ1v) is 10.4. The van der Waals surface area contributed by atoms with Gasteiger partial charge in [0.1, 0.15) is 0 Å². The summed E-state index contributed by atoms with van der Waals surface area (Å²) in [5, 5.41) is 11.3. The predicted molar refractivity (Wildman–Crippen MR) is 114 cm³/mol. The van der Waals surface area contributed by atoms with Gasteiger partial charge in [-0.1, -0.05) is 42.1 Å². The summed E-state index contributed by atoms with van der Waals surface area (Å²) in [6, 6.07) is 14.3. The van der Waals surface area contributed by atoms with Crippen LogP contribution in [0.15, 0.2) is 59.8 Å². The first-order valence-electron chi connectivity index (χ1n) is 9.44. The molecule has 31 heavy (non-hydrogen) atoms. The number of anilines is 1. The number of nitrogens with one attached hydrogen (secondary N) is 1. The van der Waals surface area contributed by atoms with E-state index in [1.54, 1.807) is 0 Å². The Hall–Kier alpha value is -2.85. The minimum absolute atomic E-state index is 0.0467. The van der Waals surface area contributed by atoms with Gasteiger partial charge in [0.05, 0.1) is 23.0 Å². The lowest BCUT2D eigenvalue weighted by Gasteiger charge is -2.20. The molecule has 0 aliphatic carbocycles. The molecule has 0 saturated heterocycles. The van der Waals surface area contributed by atoms with Crippen LogP contribution >= 0.6 is 11.8 Å². The molecule has 1 N–H and O–H groups in total. The largest absolute Gasteiger partial charge is 0.418 e. The maximum absolute atomic E-state index is 13.2. The van der Waals surface area contributed by atoms with Crippen LogP contribution < -0.4 is 5.32 Å². The summed E-state index contributed by atoms with van der Waals surface area (Å²) in [5.41, 5.74) is -0.323. The monoisotopic (exact) mass is 449 g/mol. The molecule has 0 bridgehead atoms. The van der Waals surface area contributed by atoms with Crippen LogP contribution in [0, 0.1) is 0 Å². The van der Waals surface area contributed by atoms with Crippen molar-refractivity contribution < 1.29 is 18.0 Å². The zero-order chi connectivity index (χ0) is 22.6. The number of aromatic nitrogens is 3. The highest BCUT2D eigenvalue weighted by molar-refractivity contribution is 7.99. The van der Waals surface area contributed by atoms with Crippen molar-refractivity contribution >= 4 is 23.4 Å². The summed E-state index contributed by atoms with van der Waals surface area (Å²) in [5.74, 6) is 0.0149. The lowest BCUT2D eigenvalue weighted by molar-refractivity contribution is -0.137. The van der Waals surface area contributed by atoms with E-state index in [1.165, 1.54) is 18.2 Å². The summed E-state index contributed by atoms with van der Waals surface area (Å²) < 4.78 is 41.3. The van der Waals surface area contributed by atoms with E-state index in [9.17, 15) is 18.0 Å². The fourth-order valence-electron chi connectivity index (χ4n) is 2.85. The molecular weight excluding hydrogens is 427 g/mol. The Balaban J connectivity index is 1.80. The van der Waals surface area contributed by atoms with Crippen LogP contribution in [0.4, 0.5) is 18.9 Å². The average molecular weight is 450 g/mol. The molecule has 0 radical (unpaired) electrons. The van der Waals surface area contributed by atoms with Crippen molar-refractivity contribution in [2.45, 2.75) is 24.3 Å². The Morgan fingerprint density at radius 2 is 1.74 bits per heavy atom. The van der Waals surface area contributed by atoms with Crippen LogP contribution in [-0.2, 0) is 11.0 Å². The van der Waals surface area contributed by atoms with E-state index < -0.39 is 17.6 Å². The van der Waals surface area contributed by atoms with Gasteiger partial charge >= 0.3 is 6.18 Å². The number of thioether (sulfide) groups is 1. The van der Waals surface area contributed by atoms with Crippen LogP contribution in [0.3, 0.4) is 0 Å². The number of halogens is 3. The van der Waals surface area contributed by atoms with Crippen molar-refractivity contribution in [3.63, 3.8) is 0 Å². The highest BCUT2D eigenvalue weighted by atomic mass is 32.2. The normalized spacial score (nSPS) is 12.7. The second-order valence-electron chi connectivity index (χ2n) is 7.03. The number of nitrogens with zero attached hydrogens (tertiary/aromatic N) is 4. The van der Waals surface area contributed by atoms with Gasteiger partial charge in [-0.3, -0.25) is 14.3 Å². The van der Waals surface area contributed by atoms with Crippen molar-refractivity contribution in [1.82, 2.24) is 19.7 Å². The SMILES string of the molecule is C[C@@H](c1nnc(SCC(=O)Nc2ccccc2C(F)(F)F)n1-c1ccccc1)N(C)C. The molecule has 164 valence electrons. The van der Waals surface area contributed by atoms with Gasteiger partial charge < -0.3 is 5.32 Å². The molecule has 2 aromatic carbocycles. The van der Waals surface area contributed by atoms with E-state index >= 15 is 0 Å². The van der Waals surface area contributed by atoms with Gasteiger partial charge in [-0.2, -0.15) is 13.2 Å². The Bertz CT molecular complexity index is 1040. The first kappa shape index (κ1) is 22.8. The van der Waals surface area contributed by atoms with Gasteiger partial charge in [0.25, 0.3) is 0 Å². The van der Waals surface area contributed by atoms with E-state index in [-0.39, 0.29) is 17.5 Å². The van der Waals surface area contributed by atoms with Gasteiger partial charge in [0.15, 0.2) is 11.0 Å². The maximum Gasteiger partial charge on any atom is 0.418 e. The van der Waals surface area contributed by atoms with E-state index in [0.717, 1.165) is 23.5 Å². The van der Waals surface area contributed by atoms with E-state index in [4.69, 9.17) is 0 Å². The second kappa shape index (κ2) is 9.52. The molecule has 0 saturated carbocycles. The average Bonchev–Trinajstić information content (AvgIpc) is 3.15. The van der Waals surface area contributed by atoms with E-state index in [0.29, 0.717) is 11.0 Å². The number of hydrogen-bond donors (Lipinski definition) is 1. The zero-order valence-electron chi connectivity index (χ0n) is 17.2. The zero-order valence-corrected chi connectivity index (χ0v) is 18.0. The fraction of sp³-hybridized carbons (Fsp3) is 0.286. The van der Waals surface area contributed by atoms with Gasteiger partial charge in [-0.25, -0.2) is 0 Å². The van der Waals surface area contributed by atoms with Crippen molar-refractivity contribution in [3.8, 4) is 5.69 Å². The Morgan fingerprint density at radius 1 is 1.10 bits per heavy atom. The predicted octanol–water partition coefficient (Wildman–Crippen LogP) is 4.64. The number of benzene rings is 2. The molecular formula is C21H22F3N5OS. The highest BCUT2D eigenvalue weighted by Crippen LogP contribution is 2.34. The van der Waals surface area contributed by atoms with E-state index in [1.807, 2.05) is 60.8 Å². The lowest BCUT2D eigenvalue weighted by Crippen LogP contribution is -2.21. The number of carbonyl (C=O) groups excluding carboxylic acids is 1. The fourth-order valence-corrected chi connectivity index (χ4v) is 3.61. The molecule has 1 atom stereocenters. The summed E-state index contributed by atoms with van der Waals surface area (Å²) in [6.07, 6.45) is -4.55. The Labute approximate surface area is 182 Å². The van der Waals surface area contributed by atoms with Crippen LogP contribution in [0.25, 0.3) is 5.69 Å². The standard InChI is InChI=1S/C21H22F3N5OS/c1-14(28(2)3)19-26-27-20(29(19)15-9-5-4-6-10-15)31-13-18(30)25-17-12-8-7-11-16(17)21(22,23)24/h4-12,14H,13H2,1-3H3,(H,25,30)/t14-/m0/s1. The number of alkyl halides is 3. The molecule has 1 amide bonds. The van der Waals surface area contributed by atoms with Gasteiger partial charge in [0.2, 0.25) is 5.91 Å². The summed E-state index contributed by atoms with van der Waals surface area (Å²) >= 11 is 1.11. The quantitative estimate of drug-likeness (QED) is 0.533. The molecule has 0 aliphatic heterocycles. The Kier molecular flexibility index (Phi) is 7.01. The maximum atomic E-state index is 13.2. The molecule has 3 rings (SSSR count). The van der Waals surface area contributed by atoms with Crippen molar-refractivity contribution in [2.24, 2.45) is 0 Å². The van der Waals surface area contributed by atoms with Crippen molar-refractivity contribution in [1.29, 1.82) is 0 Å². The number of amides is 1. The molecule has 6 nitrogen and oxygen atoms in total. The van der Waals surface area contributed by atoms with Gasteiger partial charge in [-0.05, 0) is 45.3 Å². The smallest absolute Gasteiger partial charge is 0.325 e. The number of para-hydroxylation sites is 2. The van der Waals surface area contributed by atoms with Crippen LogP contribution in [-0.4, -0.2) is 45.4 Å². The Morgan fingerprint density at radius 3 is 2.39 bits per heavy atom. The third-order valence-electron chi connectivity index (χ3n) is 4.66. The van der Waals surface area contributed by atoms with Gasteiger partial charge in [0, 0.05) is 5.69 Å². The molecule has 1 aromatic heterocycles. The first-order chi connectivity index (χ1) is 14.7. The minimum Gasteiger partial charge on any atom is -0.325 e. The lowest BCUT2D eigenvalue weighted by atomic mass is 10.1. The minimum atomic E-state index is -4.55. The van der Waals surface area contributed by atoms with Crippen molar-refractivity contribution in [2.75, 3.05) is 25.2 Å². The molecule has 3 aromatic rings. The third-order valence-corrected chi connectivity index (χ3v) is 5.59. The molecule has 10 heteroatoms. The summed E-state index contributed by atoms with van der Waals surface area (Å²) in [7, 11) is 3.85. The summed E-state index contributed by atoms with van der Waals surface area (Å²) in [6.45, 7) is 1.98. The third kappa shape index (κ3) is 5.45. The number of hydrogen-bond acceptors (Lipinski definition) is 5. The molecule has 0 aliphatic rings. The second-order valence-corrected chi connectivity index (χ2v) is 7.97. The summed E-state index contributed by atoms with van der Waals surface area (Å²) in [4.78, 5) is 14.4. The van der Waals surface area contributed by atoms with Crippen LogP contribution in [0.1, 0.15) is 24.4 Å². The van der Waals surface area contributed by atoms with E-state index in [2.05, 4.69) is 15.5 Å². The molecule has 0 spiro atoms. The topological polar surface area (TPSA) is 63.1 Å². The molecule has 1 heterocycles.